The largest absolute Gasteiger partial charge is 0.316 e. The van der Waals surface area contributed by atoms with E-state index in [9.17, 15) is 17.2 Å². The summed E-state index contributed by atoms with van der Waals surface area (Å²) in [6, 6.07) is 2.39. The first-order valence-corrected chi connectivity index (χ1v) is 8.44. The lowest BCUT2D eigenvalue weighted by Gasteiger charge is -2.22. The molecule has 2 rings (SSSR count). The van der Waals surface area contributed by atoms with Crippen molar-refractivity contribution >= 4 is 9.84 Å². The molecule has 0 saturated heterocycles. The summed E-state index contributed by atoms with van der Waals surface area (Å²) in [5.74, 6) is -1.65. The van der Waals surface area contributed by atoms with Gasteiger partial charge >= 0.3 is 0 Å². The van der Waals surface area contributed by atoms with E-state index in [1.807, 2.05) is 0 Å². The summed E-state index contributed by atoms with van der Waals surface area (Å²) in [5.41, 5.74) is 0. The van der Waals surface area contributed by atoms with Crippen LogP contribution in [0.4, 0.5) is 8.78 Å². The maximum absolute atomic E-state index is 13.6. The normalized spacial score (nSPS) is 18.4. The molecule has 1 aliphatic carbocycles. The van der Waals surface area contributed by atoms with E-state index in [1.165, 1.54) is 0 Å². The Kier molecular flexibility index (Phi) is 4.75. The minimum absolute atomic E-state index is 0.156. The van der Waals surface area contributed by atoms with Gasteiger partial charge in [-0.15, -0.1) is 0 Å². The predicted octanol–water partition coefficient (Wildman–Crippen LogP) is 2.52. The van der Waals surface area contributed by atoms with Crippen LogP contribution in [0.3, 0.4) is 0 Å². The van der Waals surface area contributed by atoms with Gasteiger partial charge in [0.15, 0.2) is 9.84 Å². The molecule has 0 bridgehead atoms. The van der Waals surface area contributed by atoms with Crippen LogP contribution in [0.25, 0.3) is 0 Å². The Morgan fingerprint density at radius 3 is 2.50 bits per heavy atom. The molecule has 1 fully saturated rings. The molecule has 1 N–H and O–H groups in total. The predicted molar refractivity (Wildman–Crippen MR) is 73.2 cm³/mol. The molecule has 1 saturated carbocycles. The molecule has 1 aliphatic rings. The third kappa shape index (κ3) is 3.35. The smallest absolute Gasteiger partial charge is 0.182 e. The summed E-state index contributed by atoms with van der Waals surface area (Å²) in [7, 11) is -2.04. The number of nitrogens with one attached hydrogen (secondary N) is 1. The zero-order valence-corrected chi connectivity index (χ0v) is 12.2. The number of rotatable bonds is 5. The topological polar surface area (TPSA) is 46.2 Å². The molecule has 0 heterocycles. The lowest BCUT2D eigenvalue weighted by atomic mass is 10.0. The third-order valence-corrected chi connectivity index (χ3v) is 5.77. The molecule has 1 unspecified atom stereocenters. The molecule has 6 heteroatoms. The molecule has 112 valence electrons. The molecule has 1 aromatic rings. The van der Waals surface area contributed by atoms with Crippen molar-refractivity contribution in [3.63, 3.8) is 0 Å². The molecule has 0 aliphatic heterocycles. The Hall–Kier alpha value is -1.01. The Labute approximate surface area is 118 Å². The molecule has 1 atom stereocenters. The summed E-state index contributed by atoms with van der Waals surface area (Å²) in [6.45, 7) is 0. The van der Waals surface area contributed by atoms with Gasteiger partial charge in [-0.3, -0.25) is 0 Å². The van der Waals surface area contributed by atoms with Crippen LogP contribution < -0.4 is 5.32 Å². The fourth-order valence-corrected chi connectivity index (χ4v) is 4.59. The summed E-state index contributed by atoms with van der Waals surface area (Å²) >= 11 is 0. The molecule has 3 nitrogen and oxygen atoms in total. The first-order chi connectivity index (χ1) is 9.44. The van der Waals surface area contributed by atoms with E-state index >= 15 is 0 Å². The SMILES string of the molecule is CNC(CS(=O)(=O)c1ccc(F)cc1F)C1CCCC1. The van der Waals surface area contributed by atoms with E-state index in [-0.39, 0.29) is 11.8 Å². The highest BCUT2D eigenvalue weighted by Crippen LogP contribution is 2.29. The van der Waals surface area contributed by atoms with E-state index < -0.39 is 26.4 Å². The van der Waals surface area contributed by atoms with E-state index in [1.54, 1.807) is 7.05 Å². The fourth-order valence-electron chi connectivity index (χ4n) is 2.87. The zero-order valence-electron chi connectivity index (χ0n) is 11.4. The van der Waals surface area contributed by atoms with Crippen molar-refractivity contribution in [1.29, 1.82) is 0 Å². The Morgan fingerprint density at radius 2 is 1.95 bits per heavy atom. The summed E-state index contributed by atoms with van der Waals surface area (Å²) in [5, 5.41) is 3.03. The second-order valence-corrected chi connectivity index (χ2v) is 7.30. The van der Waals surface area contributed by atoms with Crippen molar-refractivity contribution in [1.82, 2.24) is 5.32 Å². The Morgan fingerprint density at radius 1 is 1.30 bits per heavy atom. The van der Waals surface area contributed by atoms with Crippen LogP contribution in [-0.2, 0) is 9.84 Å². The highest BCUT2D eigenvalue weighted by Gasteiger charge is 2.30. The Bertz CT molecular complexity index is 569. The number of hydrogen-bond donors (Lipinski definition) is 1. The lowest BCUT2D eigenvalue weighted by molar-refractivity contribution is 0.403. The number of halogens is 2. The van der Waals surface area contributed by atoms with Gasteiger partial charge in [0.2, 0.25) is 0 Å². The lowest BCUT2D eigenvalue weighted by Crippen LogP contribution is -2.38. The number of hydrogen-bond acceptors (Lipinski definition) is 3. The summed E-state index contributed by atoms with van der Waals surface area (Å²) < 4.78 is 51.1. The van der Waals surface area contributed by atoms with Crippen LogP contribution in [0.1, 0.15) is 25.7 Å². The van der Waals surface area contributed by atoms with Crippen LogP contribution in [0, 0.1) is 17.6 Å². The van der Waals surface area contributed by atoms with Crippen molar-refractivity contribution in [2.75, 3.05) is 12.8 Å². The van der Waals surface area contributed by atoms with Crippen molar-refractivity contribution < 1.29 is 17.2 Å². The van der Waals surface area contributed by atoms with Gasteiger partial charge in [-0.1, -0.05) is 12.8 Å². The maximum Gasteiger partial charge on any atom is 0.182 e. The van der Waals surface area contributed by atoms with E-state index in [4.69, 9.17) is 0 Å². The molecule has 0 spiro atoms. The summed E-state index contributed by atoms with van der Waals surface area (Å²) in [6.07, 6.45) is 4.20. The first kappa shape index (κ1) is 15.4. The van der Waals surface area contributed by atoms with Crippen molar-refractivity contribution in [2.45, 2.75) is 36.6 Å². The van der Waals surface area contributed by atoms with E-state index in [0.29, 0.717) is 12.0 Å². The van der Waals surface area contributed by atoms with Gasteiger partial charge in [0.05, 0.1) is 5.75 Å². The van der Waals surface area contributed by atoms with E-state index in [0.717, 1.165) is 37.8 Å². The van der Waals surface area contributed by atoms with Crippen molar-refractivity contribution in [3.05, 3.63) is 29.8 Å². The zero-order chi connectivity index (χ0) is 14.8. The monoisotopic (exact) mass is 303 g/mol. The molecule has 0 aromatic heterocycles. The van der Waals surface area contributed by atoms with Gasteiger partial charge in [0, 0.05) is 12.1 Å². The molecular formula is C14H19F2NO2S. The molecule has 20 heavy (non-hydrogen) atoms. The van der Waals surface area contributed by atoms with Crippen LogP contribution >= 0.6 is 0 Å². The van der Waals surface area contributed by atoms with Crippen molar-refractivity contribution in [3.8, 4) is 0 Å². The van der Waals surface area contributed by atoms with Crippen LogP contribution in [-0.4, -0.2) is 27.3 Å². The molecular weight excluding hydrogens is 284 g/mol. The van der Waals surface area contributed by atoms with Crippen molar-refractivity contribution in [2.24, 2.45) is 5.92 Å². The van der Waals surface area contributed by atoms with Gasteiger partial charge < -0.3 is 5.32 Å². The minimum atomic E-state index is -3.76. The van der Waals surface area contributed by atoms with Gasteiger partial charge in [0.1, 0.15) is 16.5 Å². The standard InChI is InChI=1S/C14H19F2NO2S/c1-17-13(10-4-2-3-5-10)9-20(18,19)14-7-6-11(15)8-12(14)16/h6-8,10,13,17H,2-5,9H2,1H3. The average Bonchev–Trinajstić information content (AvgIpc) is 2.89. The van der Waals surface area contributed by atoms with Gasteiger partial charge in [0.25, 0.3) is 0 Å². The first-order valence-electron chi connectivity index (χ1n) is 6.79. The average molecular weight is 303 g/mol. The van der Waals surface area contributed by atoms with Crippen LogP contribution in [0.5, 0.6) is 0 Å². The maximum atomic E-state index is 13.6. The molecule has 0 radical (unpaired) electrons. The fraction of sp³-hybridized carbons (Fsp3) is 0.571. The highest BCUT2D eigenvalue weighted by molar-refractivity contribution is 7.91. The quantitative estimate of drug-likeness (QED) is 0.850. The molecule has 0 amide bonds. The van der Waals surface area contributed by atoms with Gasteiger partial charge in [-0.05, 0) is 37.9 Å². The van der Waals surface area contributed by atoms with E-state index in [2.05, 4.69) is 5.32 Å². The number of sulfone groups is 1. The third-order valence-electron chi connectivity index (χ3n) is 3.97. The van der Waals surface area contributed by atoms with Crippen LogP contribution in [0.15, 0.2) is 23.1 Å². The van der Waals surface area contributed by atoms with Gasteiger partial charge in [-0.2, -0.15) is 0 Å². The second kappa shape index (κ2) is 6.18. The highest BCUT2D eigenvalue weighted by atomic mass is 32.2. The molecule has 1 aromatic carbocycles. The Balaban J connectivity index is 2.21. The number of benzene rings is 1. The second-order valence-electron chi connectivity index (χ2n) is 5.30. The van der Waals surface area contributed by atoms with Crippen LogP contribution in [0.2, 0.25) is 0 Å². The summed E-state index contributed by atoms with van der Waals surface area (Å²) in [4.78, 5) is -0.419. The minimum Gasteiger partial charge on any atom is -0.316 e. The van der Waals surface area contributed by atoms with Gasteiger partial charge in [-0.25, -0.2) is 17.2 Å².